The normalized spacial score (nSPS) is 28.6. The predicted octanol–water partition coefficient (Wildman–Crippen LogP) is 1.77. The number of hydrogen-bond acceptors (Lipinski definition) is 3. The molecule has 1 rings (SSSR count). The topological polar surface area (TPSA) is 74.6 Å². The lowest BCUT2D eigenvalue weighted by molar-refractivity contribution is -0.137. The van der Waals surface area contributed by atoms with Crippen molar-refractivity contribution >= 4 is 12.3 Å². The summed E-state index contributed by atoms with van der Waals surface area (Å²) < 4.78 is 0. The van der Waals surface area contributed by atoms with E-state index in [0.29, 0.717) is 19.3 Å². The quantitative estimate of drug-likeness (QED) is 0.404. The molecule has 3 atom stereocenters. The number of aliphatic hydroxyl groups is 1. The number of carbonyl (C=O) groups is 2. The van der Waals surface area contributed by atoms with Gasteiger partial charge in [0, 0.05) is 12.3 Å². The average Bonchev–Trinajstić information content (AvgIpc) is 2.64. The van der Waals surface area contributed by atoms with Gasteiger partial charge in [-0.1, -0.05) is 12.2 Å². The average molecular weight is 240 g/mol. The van der Waals surface area contributed by atoms with Crippen molar-refractivity contribution in [2.45, 2.75) is 44.6 Å². The molecule has 0 bridgehead atoms. The van der Waals surface area contributed by atoms with E-state index in [1.54, 1.807) is 0 Å². The van der Waals surface area contributed by atoms with E-state index in [1.165, 1.54) is 0 Å². The van der Waals surface area contributed by atoms with E-state index in [4.69, 9.17) is 5.11 Å². The van der Waals surface area contributed by atoms with Crippen LogP contribution in [0.15, 0.2) is 12.2 Å². The van der Waals surface area contributed by atoms with E-state index in [2.05, 4.69) is 0 Å². The number of aliphatic carboxylic acids is 1. The van der Waals surface area contributed by atoms with Crippen molar-refractivity contribution < 1.29 is 19.8 Å². The van der Waals surface area contributed by atoms with Gasteiger partial charge in [0.1, 0.15) is 6.29 Å². The standard InChI is InChI=1S/C13H20O4/c14-9-10-7-8-12(15)11(10)5-3-1-2-4-6-13(16)17/h1,3,9-12,15H,2,4-8H2,(H,16,17)/b3-1-/t10-,11-,12+/m0/s1. The molecule has 2 N–H and O–H groups in total. The van der Waals surface area contributed by atoms with Gasteiger partial charge in [-0.25, -0.2) is 0 Å². The first-order valence-electron chi connectivity index (χ1n) is 6.15. The number of aliphatic hydroxyl groups excluding tert-OH is 1. The van der Waals surface area contributed by atoms with Crippen molar-refractivity contribution in [1.82, 2.24) is 0 Å². The van der Waals surface area contributed by atoms with Crippen LogP contribution in [0.3, 0.4) is 0 Å². The SMILES string of the molecule is O=C[C@@H]1CC[C@@H](O)[C@H]1C/C=C\CCCC(=O)O. The van der Waals surface area contributed by atoms with Crippen molar-refractivity contribution in [1.29, 1.82) is 0 Å². The van der Waals surface area contributed by atoms with Crippen LogP contribution in [-0.4, -0.2) is 28.6 Å². The summed E-state index contributed by atoms with van der Waals surface area (Å²) in [5.41, 5.74) is 0. The third-order valence-electron chi connectivity index (χ3n) is 3.35. The fourth-order valence-corrected chi connectivity index (χ4v) is 2.32. The molecule has 1 saturated carbocycles. The zero-order chi connectivity index (χ0) is 12.7. The second kappa shape index (κ2) is 7.22. The lowest BCUT2D eigenvalue weighted by Gasteiger charge is -2.15. The summed E-state index contributed by atoms with van der Waals surface area (Å²) in [6, 6.07) is 0. The summed E-state index contributed by atoms with van der Waals surface area (Å²) in [7, 11) is 0. The molecule has 0 unspecified atom stereocenters. The van der Waals surface area contributed by atoms with Crippen LogP contribution in [0.4, 0.5) is 0 Å². The van der Waals surface area contributed by atoms with Gasteiger partial charge in [-0.15, -0.1) is 0 Å². The number of carboxylic acids is 1. The van der Waals surface area contributed by atoms with Crippen LogP contribution >= 0.6 is 0 Å². The maximum absolute atomic E-state index is 10.8. The van der Waals surface area contributed by atoms with E-state index in [9.17, 15) is 14.7 Å². The first-order chi connectivity index (χ1) is 8.15. The molecule has 17 heavy (non-hydrogen) atoms. The summed E-state index contributed by atoms with van der Waals surface area (Å²) in [6.07, 6.45) is 8.23. The van der Waals surface area contributed by atoms with Crippen LogP contribution in [0.5, 0.6) is 0 Å². The third kappa shape index (κ3) is 4.69. The molecule has 4 heteroatoms. The lowest BCUT2D eigenvalue weighted by atomic mass is 9.92. The van der Waals surface area contributed by atoms with Crippen LogP contribution < -0.4 is 0 Å². The Bertz CT molecular complexity index is 285. The molecule has 0 heterocycles. The minimum atomic E-state index is -0.773. The molecular weight excluding hydrogens is 220 g/mol. The Morgan fingerprint density at radius 3 is 2.71 bits per heavy atom. The van der Waals surface area contributed by atoms with Crippen molar-refractivity contribution in [3.05, 3.63) is 12.2 Å². The van der Waals surface area contributed by atoms with Crippen LogP contribution in [0.1, 0.15) is 38.5 Å². The van der Waals surface area contributed by atoms with Gasteiger partial charge < -0.3 is 15.0 Å². The number of allylic oxidation sites excluding steroid dienone is 2. The highest BCUT2D eigenvalue weighted by atomic mass is 16.4. The molecule has 0 radical (unpaired) electrons. The Labute approximate surface area is 101 Å². The highest BCUT2D eigenvalue weighted by Gasteiger charge is 2.33. The second-order valence-corrected chi connectivity index (χ2v) is 4.60. The third-order valence-corrected chi connectivity index (χ3v) is 3.35. The van der Waals surface area contributed by atoms with Crippen LogP contribution in [0, 0.1) is 11.8 Å². The maximum atomic E-state index is 10.8. The van der Waals surface area contributed by atoms with Gasteiger partial charge in [0.2, 0.25) is 0 Å². The Morgan fingerprint density at radius 1 is 1.29 bits per heavy atom. The number of aldehydes is 1. The Balaban J connectivity index is 2.22. The fraction of sp³-hybridized carbons (Fsp3) is 0.692. The number of rotatable bonds is 7. The van der Waals surface area contributed by atoms with Gasteiger partial charge in [-0.3, -0.25) is 4.79 Å². The van der Waals surface area contributed by atoms with Gasteiger partial charge in [0.25, 0.3) is 0 Å². The van der Waals surface area contributed by atoms with Gasteiger partial charge in [-0.05, 0) is 38.0 Å². The molecule has 0 spiro atoms. The molecule has 0 saturated heterocycles. The van der Waals surface area contributed by atoms with Crippen molar-refractivity contribution in [2.24, 2.45) is 11.8 Å². The fourth-order valence-electron chi connectivity index (χ4n) is 2.32. The predicted molar refractivity (Wildman–Crippen MR) is 63.5 cm³/mol. The molecule has 0 aromatic carbocycles. The summed E-state index contributed by atoms with van der Waals surface area (Å²) >= 11 is 0. The molecule has 4 nitrogen and oxygen atoms in total. The number of unbranched alkanes of at least 4 members (excludes halogenated alkanes) is 1. The smallest absolute Gasteiger partial charge is 0.303 e. The Hall–Kier alpha value is -1.16. The van der Waals surface area contributed by atoms with Crippen LogP contribution in [0.2, 0.25) is 0 Å². The molecule has 0 aromatic heterocycles. The molecule has 96 valence electrons. The lowest BCUT2D eigenvalue weighted by Crippen LogP contribution is -2.19. The number of carboxylic acid groups (broad SMARTS) is 1. The first kappa shape index (κ1) is 13.9. The van der Waals surface area contributed by atoms with E-state index < -0.39 is 5.97 Å². The molecule has 0 aromatic rings. The summed E-state index contributed by atoms with van der Waals surface area (Å²) in [6.45, 7) is 0. The largest absolute Gasteiger partial charge is 0.481 e. The van der Waals surface area contributed by atoms with Crippen LogP contribution in [-0.2, 0) is 9.59 Å². The summed E-state index contributed by atoms with van der Waals surface area (Å²) in [4.78, 5) is 21.0. The summed E-state index contributed by atoms with van der Waals surface area (Å²) in [5.74, 6) is -0.748. The first-order valence-corrected chi connectivity index (χ1v) is 6.15. The second-order valence-electron chi connectivity index (χ2n) is 4.60. The molecule has 1 aliphatic carbocycles. The van der Waals surface area contributed by atoms with Crippen LogP contribution in [0.25, 0.3) is 0 Å². The Morgan fingerprint density at radius 2 is 2.06 bits per heavy atom. The van der Waals surface area contributed by atoms with Gasteiger partial charge in [-0.2, -0.15) is 0 Å². The monoisotopic (exact) mass is 240 g/mol. The zero-order valence-electron chi connectivity index (χ0n) is 9.92. The van der Waals surface area contributed by atoms with Crippen molar-refractivity contribution in [3.8, 4) is 0 Å². The highest BCUT2D eigenvalue weighted by molar-refractivity contribution is 5.66. The molecule has 0 amide bonds. The number of hydrogen-bond donors (Lipinski definition) is 2. The highest BCUT2D eigenvalue weighted by Crippen LogP contribution is 2.33. The molecule has 1 aliphatic rings. The van der Waals surface area contributed by atoms with E-state index in [-0.39, 0.29) is 24.4 Å². The number of carbonyl (C=O) groups excluding carboxylic acids is 1. The van der Waals surface area contributed by atoms with Crippen molar-refractivity contribution in [2.75, 3.05) is 0 Å². The van der Waals surface area contributed by atoms with Gasteiger partial charge >= 0.3 is 5.97 Å². The zero-order valence-corrected chi connectivity index (χ0v) is 9.92. The summed E-state index contributed by atoms with van der Waals surface area (Å²) in [5, 5.41) is 18.1. The molecule has 1 fully saturated rings. The van der Waals surface area contributed by atoms with Gasteiger partial charge in [0.05, 0.1) is 6.10 Å². The van der Waals surface area contributed by atoms with Crippen molar-refractivity contribution in [3.63, 3.8) is 0 Å². The Kier molecular flexibility index (Phi) is 5.91. The minimum absolute atomic E-state index is 0.0198. The van der Waals surface area contributed by atoms with Gasteiger partial charge in [0.15, 0.2) is 0 Å². The van der Waals surface area contributed by atoms with E-state index >= 15 is 0 Å². The van der Waals surface area contributed by atoms with E-state index in [1.807, 2.05) is 12.2 Å². The molecular formula is C13H20O4. The minimum Gasteiger partial charge on any atom is -0.481 e. The van der Waals surface area contributed by atoms with E-state index in [0.717, 1.165) is 19.1 Å². The molecule has 0 aliphatic heterocycles. The maximum Gasteiger partial charge on any atom is 0.303 e.